The van der Waals surface area contributed by atoms with Crippen LogP contribution in [0.2, 0.25) is 0 Å². The van der Waals surface area contributed by atoms with Crippen molar-refractivity contribution in [2.45, 2.75) is 51.9 Å². The average Bonchev–Trinajstić information content (AvgIpc) is 3.03. The molecule has 1 aromatic carbocycles. The van der Waals surface area contributed by atoms with Gasteiger partial charge in [-0.05, 0) is 31.2 Å². The van der Waals surface area contributed by atoms with E-state index in [1.54, 1.807) is 6.20 Å². The monoisotopic (exact) mass is 284 g/mol. The molecule has 0 saturated heterocycles. The molecule has 0 radical (unpaired) electrons. The lowest BCUT2D eigenvalue weighted by Crippen LogP contribution is -1.99. The van der Waals surface area contributed by atoms with Gasteiger partial charge in [-0.25, -0.2) is 4.98 Å². The molecule has 3 heteroatoms. The maximum atomic E-state index is 11.9. The first-order valence-corrected chi connectivity index (χ1v) is 7.90. The summed E-state index contributed by atoms with van der Waals surface area (Å²) in [6.45, 7) is 2.11. The van der Waals surface area contributed by atoms with Crippen LogP contribution < -0.4 is 0 Å². The second-order valence-electron chi connectivity index (χ2n) is 5.47. The first-order chi connectivity index (χ1) is 10.3. The Kier molecular flexibility index (Phi) is 6.20. The summed E-state index contributed by atoms with van der Waals surface area (Å²) in [5, 5.41) is 0. The molecule has 0 aliphatic rings. The molecule has 0 atom stereocenters. The van der Waals surface area contributed by atoms with Gasteiger partial charge in [0.15, 0.2) is 5.78 Å². The molecule has 0 spiro atoms. The zero-order valence-corrected chi connectivity index (χ0v) is 12.8. The van der Waals surface area contributed by atoms with E-state index >= 15 is 0 Å². The quantitative estimate of drug-likeness (QED) is 0.549. The van der Waals surface area contributed by atoms with E-state index in [0.29, 0.717) is 6.42 Å². The molecule has 112 valence electrons. The van der Waals surface area contributed by atoms with Gasteiger partial charge in [-0.1, -0.05) is 37.6 Å². The van der Waals surface area contributed by atoms with Crippen molar-refractivity contribution in [1.82, 2.24) is 9.97 Å². The summed E-state index contributed by atoms with van der Waals surface area (Å²) in [5.74, 6) is 1.33. The summed E-state index contributed by atoms with van der Waals surface area (Å²) < 4.78 is 0. The SMILES string of the molecule is CCCCC(=O)c1ccc(CCCCc2ncc[nH]2)cc1. The highest BCUT2D eigenvalue weighted by molar-refractivity contribution is 5.96. The summed E-state index contributed by atoms with van der Waals surface area (Å²) >= 11 is 0. The zero-order valence-electron chi connectivity index (χ0n) is 12.8. The van der Waals surface area contributed by atoms with Gasteiger partial charge >= 0.3 is 0 Å². The highest BCUT2D eigenvalue weighted by Gasteiger charge is 2.04. The Hall–Kier alpha value is -1.90. The predicted octanol–water partition coefficient (Wildman–Crippen LogP) is 4.35. The van der Waals surface area contributed by atoms with Crippen LogP contribution in [0.3, 0.4) is 0 Å². The van der Waals surface area contributed by atoms with Crippen LogP contribution in [-0.2, 0) is 12.8 Å². The van der Waals surface area contributed by atoms with E-state index in [1.165, 1.54) is 5.56 Å². The molecule has 1 heterocycles. The first kappa shape index (κ1) is 15.5. The van der Waals surface area contributed by atoms with Crippen molar-refractivity contribution < 1.29 is 4.79 Å². The van der Waals surface area contributed by atoms with Crippen molar-refractivity contribution in [1.29, 1.82) is 0 Å². The number of imidazole rings is 1. The Morgan fingerprint density at radius 3 is 2.52 bits per heavy atom. The maximum absolute atomic E-state index is 11.9. The van der Waals surface area contributed by atoms with Gasteiger partial charge in [0.1, 0.15) is 5.82 Å². The van der Waals surface area contributed by atoms with E-state index in [4.69, 9.17) is 0 Å². The van der Waals surface area contributed by atoms with Gasteiger partial charge in [0.05, 0.1) is 0 Å². The number of carbonyl (C=O) groups is 1. The van der Waals surface area contributed by atoms with Crippen molar-refractivity contribution in [3.8, 4) is 0 Å². The second kappa shape index (κ2) is 8.40. The van der Waals surface area contributed by atoms with Crippen LogP contribution in [0.1, 0.15) is 60.8 Å². The van der Waals surface area contributed by atoms with E-state index in [9.17, 15) is 4.79 Å². The number of unbranched alkanes of at least 4 members (excludes halogenated alkanes) is 2. The van der Waals surface area contributed by atoms with Crippen molar-refractivity contribution in [3.63, 3.8) is 0 Å². The molecule has 1 N–H and O–H groups in total. The van der Waals surface area contributed by atoms with E-state index in [-0.39, 0.29) is 5.78 Å². The van der Waals surface area contributed by atoms with Crippen LogP contribution in [0, 0.1) is 0 Å². The van der Waals surface area contributed by atoms with Gasteiger partial charge < -0.3 is 4.98 Å². The number of benzene rings is 1. The summed E-state index contributed by atoms with van der Waals surface area (Å²) in [6.07, 6.45) is 10.7. The largest absolute Gasteiger partial charge is 0.349 e. The number of carbonyl (C=O) groups excluding carboxylic acids is 1. The topological polar surface area (TPSA) is 45.8 Å². The third kappa shape index (κ3) is 5.18. The smallest absolute Gasteiger partial charge is 0.162 e. The van der Waals surface area contributed by atoms with E-state index in [0.717, 1.165) is 49.9 Å². The molecule has 0 aliphatic heterocycles. The Bertz CT molecular complexity index is 529. The van der Waals surface area contributed by atoms with Crippen LogP contribution in [0.25, 0.3) is 0 Å². The number of aromatic nitrogens is 2. The van der Waals surface area contributed by atoms with Crippen LogP contribution in [0.4, 0.5) is 0 Å². The number of nitrogens with zero attached hydrogens (tertiary/aromatic N) is 1. The number of H-pyrrole nitrogens is 1. The first-order valence-electron chi connectivity index (χ1n) is 7.90. The third-order valence-electron chi connectivity index (χ3n) is 3.72. The molecule has 0 amide bonds. The summed E-state index contributed by atoms with van der Waals surface area (Å²) in [6, 6.07) is 8.12. The maximum Gasteiger partial charge on any atom is 0.162 e. The summed E-state index contributed by atoms with van der Waals surface area (Å²) in [7, 11) is 0. The van der Waals surface area contributed by atoms with Crippen molar-refractivity contribution in [2.75, 3.05) is 0 Å². The van der Waals surface area contributed by atoms with Crippen LogP contribution >= 0.6 is 0 Å². The fraction of sp³-hybridized carbons (Fsp3) is 0.444. The normalized spacial score (nSPS) is 10.7. The number of nitrogens with one attached hydrogen (secondary N) is 1. The Morgan fingerprint density at radius 1 is 1.10 bits per heavy atom. The number of rotatable bonds is 9. The zero-order chi connectivity index (χ0) is 14.9. The minimum Gasteiger partial charge on any atom is -0.349 e. The predicted molar refractivity (Wildman–Crippen MR) is 85.5 cm³/mol. The van der Waals surface area contributed by atoms with Gasteiger partial charge in [-0.15, -0.1) is 0 Å². The van der Waals surface area contributed by atoms with Gasteiger partial charge in [-0.3, -0.25) is 4.79 Å². The lowest BCUT2D eigenvalue weighted by Gasteiger charge is -2.04. The van der Waals surface area contributed by atoms with Gasteiger partial charge in [0.2, 0.25) is 0 Å². The molecule has 1 aromatic heterocycles. The van der Waals surface area contributed by atoms with Crippen LogP contribution in [-0.4, -0.2) is 15.8 Å². The standard InChI is InChI=1S/C18H24N2O/c1-2-3-7-17(21)16-11-9-15(10-12-16)6-4-5-8-18-19-13-14-20-18/h9-14H,2-8H2,1H3,(H,19,20). The molecule has 0 fully saturated rings. The van der Waals surface area contributed by atoms with Gasteiger partial charge in [-0.2, -0.15) is 0 Å². The van der Waals surface area contributed by atoms with Gasteiger partial charge in [0.25, 0.3) is 0 Å². The van der Waals surface area contributed by atoms with Crippen molar-refractivity contribution >= 4 is 5.78 Å². The average molecular weight is 284 g/mol. The molecular formula is C18H24N2O. The number of ketones is 1. The molecular weight excluding hydrogens is 260 g/mol. The molecule has 0 aliphatic carbocycles. The Labute approximate surface area is 126 Å². The highest BCUT2D eigenvalue weighted by Crippen LogP contribution is 2.12. The third-order valence-corrected chi connectivity index (χ3v) is 3.72. The molecule has 0 bridgehead atoms. The Morgan fingerprint density at radius 2 is 1.86 bits per heavy atom. The Balaban J connectivity index is 1.73. The van der Waals surface area contributed by atoms with Gasteiger partial charge in [0, 0.05) is 30.8 Å². The number of aromatic amines is 1. The summed E-state index contributed by atoms with van der Waals surface area (Å²) in [4.78, 5) is 19.2. The lowest BCUT2D eigenvalue weighted by atomic mass is 10.0. The molecule has 2 aromatic rings. The fourth-order valence-electron chi connectivity index (χ4n) is 2.40. The number of hydrogen-bond acceptors (Lipinski definition) is 2. The van der Waals surface area contributed by atoms with E-state index in [1.807, 2.05) is 18.3 Å². The molecule has 3 nitrogen and oxygen atoms in total. The van der Waals surface area contributed by atoms with E-state index in [2.05, 4.69) is 29.0 Å². The molecule has 0 unspecified atom stereocenters. The molecule has 0 saturated carbocycles. The molecule has 2 rings (SSSR count). The number of Topliss-reactive ketones (excluding diaryl/α,β-unsaturated/α-hetero) is 1. The fourth-order valence-corrected chi connectivity index (χ4v) is 2.40. The van der Waals surface area contributed by atoms with Crippen molar-refractivity contribution in [2.24, 2.45) is 0 Å². The number of aryl methyl sites for hydroxylation is 2. The minimum absolute atomic E-state index is 0.265. The summed E-state index contributed by atoms with van der Waals surface area (Å²) in [5.41, 5.74) is 2.16. The number of hydrogen-bond donors (Lipinski definition) is 1. The van der Waals surface area contributed by atoms with Crippen molar-refractivity contribution in [3.05, 3.63) is 53.6 Å². The van der Waals surface area contributed by atoms with Crippen LogP contribution in [0.5, 0.6) is 0 Å². The molecule has 21 heavy (non-hydrogen) atoms. The minimum atomic E-state index is 0.265. The highest BCUT2D eigenvalue weighted by atomic mass is 16.1. The van der Waals surface area contributed by atoms with E-state index < -0.39 is 0 Å². The second-order valence-corrected chi connectivity index (χ2v) is 5.47. The lowest BCUT2D eigenvalue weighted by molar-refractivity contribution is 0.0980. The van der Waals surface area contributed by atoms with Crippen LogP contribution in [0.15, 0.2) is 36.7 Å².